The molecule has 0 aliphatic heterocycles. The van der Waals surface area contributed by atoms with Crippen LogP contribution in [0.1, 0.15) is 25.3 Å². The lowest BCUT2D eigenvalue weighted by atomic mass is 10.0. The molecule has 2 amide bonds. The second-order valence-electron chi connectivity index (χ2n) is 6.25. The second-order valence-corrected chi connectivity index (χ2v) is 7.17. The number of nitrogen functional groups attached to an aromatic ring is 1. The van der Waals surface area contributed by atoms with E-state index in [1.165, 1.54) is 0 Å². The fourth-order valence-electron chi connectivity index (χ4n) is 2.41. The van der Waals surface area contributed by atoms with Gasteiger partial charge in [-0.15, -0.1) is 0 Å². The maximum absolute atomic E-state index is 12.2. The van der Waals surface area contributed by atoms with Crippen molar-refractivity contribution < 1.29 is 14.3 Å². The van der Waals surface area contributed by atoms with Crippen LogP contribution in [0.25, 0.3) is 0 Å². The van der Waals surface area contributed by atoms with E-state index in [0.29, 0.717) is 30.8 Å². The molecule has 7 heteroatoms. The Morgan fingerprint density at radius 1 is 1.19 bits per heavy atom. The third-order valence-corrected chi connectivity index (χ3v) is 4.51. The van der Waals surface area contributed by atoms with Crippen molar-refractivity contribution in [3.05, 3.63) is 58.6 Å². The molecule has 4 N–H and O–H groups in total. The summed E-state index contributed by atoms with van der Waals surface area (Å²) in [5.74, 6) is -0.300. The molecule has 2 aromatic carbocycles. The molecule has 0 saturated heterocycles. The van der Waals surface area contributed by atoms with Gasteiger partial charge in [-0.1, -0.05) is 53.2 Å². The van der Waals surface area contributed by atoms with Crippen LogP contribution in [0.5, 0.6) is 0 Å². The van der Waals surface area contributed by atoms with Crippen LogP contribution < -0.4 is 16.4 Å². The van der Waals surface area contributed by atoms with E-state index in [1.54, 1.807) is 12.1 Å². The van der Waals surface area contributed by atoms with Crippen molar-refractivity contribution >= 4 is 39.3 Å². The van der Waals surface area contributed by atoms with E-state index in [9.17, 15) is 9.59 Å². The summed E-state index contributed by atoms with van der Waals surface area (Å²) in [7, 11) is 0. The molecule has 0 saturated carbocycles. The van der Waals surface area contributed by atoms with Crippen molar-refractivity contribution in [2.45, 2.75) is 26.4 Å². The Balaban J connectivity index is 1.64. The van der Waals surface area contributed by atoms with Crippen LogP contribution >= 0.6 is 15.9 Å². The summed E-state index contributed by atoms with van der Waals surface area (Å²) < 4.78 is 5.99. The highest BCUT2D eigenvalue weighted by Gasteiger charge is 2.14. The monoisotopic (exact) mass is 433 g/mol. The predicted octanol–water partition coefficient (Wildman–Crippen LogP) is 4.31. The topological polar surface area (TPSA) is 93.4 Å². The number of hydrogen-bond acceptors (Lipinski definition) is 4. The fourth-order valence-corrected chi connectivity index (χ4v) is 2.79. The SMILES string of the molecule is C[C@@H](CCCNC(=O)OCc1ccccc1)C(=O)Nc1ccc(Br)cc1N. The lowest BCUT2D eigenvalue weighted by Crippen LogP contribution is -2.27. The summed E-state index contributed by atoms with van der Waals surface area (Å²) in [4.78, 5) is 23.9. The standard InChI is InChI=1S/C20H24BrN3O3/c1-14(19(25)24-18-10-9-16(21)12-17(18)22)6-5-11-23-20(26)27-13-15-7-3-2-4-8-15/h2-4,7-10,12,14H,5-6,11,13,22H2,1H3,(H,23,26)(H,24,25)/t14-/m0/s1. The van der Waals surface area contributed by atoms with E-state index in [0.717, 1.165) is 10.0 Å². The van der Waals surface area contributed by atoms with Crippen LogP contribution in [0, 0.1) is 5.92 Å². The summed E-state index contributed by atoms with van der Waals surface area (Å²) in [5, 5.41) is 5.52. The number of anilines is 2. The third-order valence-electron chi connectivity index (χ3n) is 4.02. The molecule has 0 spiro atoms. The maximum atomic E-state index is 12.2. The molecule has 1 atom stereocenters. The number of amides is 2. The Hall–Kier alpha value is -2.54. The van der Waals surface area contributed by atoms with Gasteiger partial charge in [0.2, 0.25) is 5.91 Å². The zero-order valence-corrected chi connectivity index (χ0v) is 16.8. The van der Waals surface area contributed by atoms with Crippen molar-refractivity contribution in [1.29, 1.82) is 0 Å². The smallest absolute Gasteiger partial charge is 0.407 e. The first kappa shape index (κ1) is 20.8. The third kappa shape index (κ3) is 7.30. The van der Waals surface area contributed by atoms with Gasteiger partial charge >= 0.3 is 6.09 Å². The van der Waals surface area contributed by atoms with Crippen molar-refractivity contribution in [2.24, 2.45) is 5.92 Å². The molecule has 0 bridgehead atoms. The molecule has 0 fully saturated rings. The van der Waals surface area contributed by atoms with Gasteiger partial charge < -0.3 is 21.1 Å². The number of hydrogen-bond donors (Lipinski definition) is 3. The van der Waals surface area contributed by atoms with E-state index in [2.05, 4.69) is 26.6 Å². The van der Waals surface area contributed by atoms with Gasteiger partial charge in [-0.2, -0.15) is 0 Å². The van der Waals surface area contributed by atoms with Gasteiger partial charge in [-0.3, -0.25) is 4.79 Å². The van der Waals surface area contributed by atoms with Crippen LogP contribution in [0.15, 0.2) is 53.0 Å². The molecular weight excluding hydrogens is 410 g/mol. The average Bonchev–Trinajstić information content (AvgIpc) is 2.66. The number of ether oxygens (including phenoxy) is 1. The van der Waals surface area contributed by atoms with Gasteiger partial charge in [0.1, 0.15) is 6.61 Å². The quantitative estimate of drug-likeness (QED) is 0.426. The molecular formula is C20H24BrN3O3. The Bertz CT molecular complexity index is 768. The highest BCUT2D eigenvalue weighted by Crippen LogP contribution is 2.23. The number of benzene rings is 2. The zero-order valence-electron chi connectivity index (χ0n) is 15.2. The van der Waals surface area contributed by atoms with Crippen LogP contribution in [-0.2, 0) is 16.1 Å². The minimum absolute atomic E-state index is 0.101. The number of nitrogens with one attached hydrogen (secondary N) is 2. The molecule has 27 heavy (non-hydrogen) atoms. The van der Waals surface area contributed by atoms with Crippen molar-refractivity contribution in [1.82, 2.24) is 5.32 Å². The Kier molecular flexibility index (Phi) is 8.13. The molecule has 6 nitrogen and oxygen atoms in total. The molecule has 2 aromatic rings. The largest absolute Gasteiger partial charge is 0.445 e. The van der Waals surface area contributed by atoms with Crippen molar-refractivity contribution in [3.8, 4) is 0 Å². The van der Waals surface area contributed by atoms with E-state index in [-0.39, 0.29) is 18.4 Å². The van der Waals surface area contributed by atoms with Gasteiger partial charge in [0, 0.05) is 16.9 Å². The highest BCUT2D eigenvalue weighted by atomic mass is 79.9. The summed E-state index contributed by atoms with van der Waals surface area (Å²) in [5.41, 5.74) is 7.93. The molecule has 0 radical (unpaired) electrons. The van der Waals surface area contributed by atoms with Gasteiger partial charge in [-0.05, 0) is 36.6 Å². The molecule has 144 valence electrons. The van der Waals surface area contributed by atoms with Gasteiger partial charge in [0.25, 0.3) is 0 Å². The lowest BCUT2D eigenvalue weighted by Gasteiger charge is -2.14. The number of halogens is 1. The van der Waals surface area contributed by atoms with Crippen LogP contribution in [-0.4, -0.2) is 18.5 Å². The first-order chi connectivity index (χ1) is 13.0. The number of carbonyl (C=O) groups is 2. The number of carbonyl (C=O) groups excluding carboxylic acids is 2. The van der Waals surface area contributed by atoms with Crippen LogP contribution in [0.2, 0.25) is 0 Å². The van der Waals surface area contributed by atoms with Gasteiger partial charge in [0.05, 0.1) is 11.4 Å². The van der Waals surface area contributed by atoms with Crippen LogP contribution in [0.4, 0.5) is 16.2 Å². The lowest BCUT2D eigenvalue weighted by molar-refractivity contribution is -0.119. The number of rotatable bonds is 8. The van der Waals surface area contributed by atoms with Crippen molar-refractivity contribution in [3.63, 3.8) is 0 Å². The molecule has 0 heterocycles. The van der Waals surface area contributed by atoms with E-state index in [1.807, 2.05) is 43.3 Å². The summed E-state index contributed by atoms with van der Waals surface area (Å²) in [6.07, 6.45) is 0.852. The first-order valence-electron chi connectivity index (χ1n) is 8.76. The normalized spacial score (nSPS) is 11.5. The van der Waals surface area contributed by atoms with Gasteiger partial charge in [0.15, 0.2) is 0 Å². The predicted molar refractivity (Wildman–Crippen MR) is 110 cm³/mol. The Morgan fingerprint density at radius 3 is 2.63 bits per heavy atom. The van der Waals surface area contributed by atoms with Crippen LogP contribution in [0.3, 0.4) is 0 Å². The Labute approximate surface area is 167 Å². The van der Waals surface area contributed by atoms with Gasteiger partial charge in [-0.25, -0.2) is 4.79 Å². The average molecular weight is 434 g/mol. The molecule has 0 aliphatic carbocycles. The highest BCUT2D eigenvalue weighted by molar-refractivity contribution is 9.10. The Morgan fingerprint density at radius 2 is 1.93 bits per heavy atom. The minimum atomic E-state index is -0.460. The summed E-state index contributed by atoms with van der Waals surface area (Å²) >= 11 is 3.33. The van der Waals surface area contributed by atoms with E-state index < -0.39 is 6.09 Å². The van der Waals surface area contributed by atoms with E-state index in [4.69, 9.17) is 10.5 Å². The molecule has 0 aliphatic rings. The summed E-state index contributed by atoms with van der Waals surface area (Å²) in [6.45, 7) is 2.53. The van der Waals surface area contributed by atoms with Crippen molar-refractivity contribution in [2.75, 3.05) is 17.6 Å². The number of nitrogens with two attached hydrogens (primary N) is 1. The second kappa shape index (κ2) is 10.6. The fraction of sp³-hybridized carbons (Fsp3) is 0.300. The molecule has 0 aromatic heterocycles. The minimum Gasteiger partial charge on any atom is -0.445 e. The summed E-state index contributed by atoms with van der Waals surface area (Å²) in [6, 6.07) is 14.8. The molecule has 0 unspecified atom stereocenters. The molecule has 2 rings (SSSR count). The van der Waals surface area contributed by atoms with E-state index >= 15 is 0 Å². The zero-order chi connectivity index (χ0) is 19.6. The maximum Gasteiger partial charge on any atom is 0.407 e. The first-order valence-corrected chi connectivity index (χ1v) is 9.55. The number of alkyl carbamates (subject to hydrolysis) is 1.